The van der Waals surface area contributed by atoms with E-state index in [9.17, 15) is 9.18 Å². The minimum Gasteiger partial charge on any atom is -0.495 e. The summed E-state index contributed by atoms with van der Waals surface area (Å²) in [7, 11) is 1.64. The summed E-state index contributed by atoms with van der Waals surface area (Å²) in [5.41, 5.74) is 2.60. The van der Waals surface area contributed by atoms with Crippen LogP contribution in [-0.2, 0) is 26.5 Å². The predicted molar refractivity (Wildman–Crippen MR) is 137 cm³/mol. The first-order chi connectivity index (χ1) is 18.0. The molecule has 1 aromatic heterocycles. The fourth-order valence-corrected chi connectivity index (χ4v) is 4.78. The lowest BCUT2D eigenvalue weighted by molar-refractivity contribution is -0.189. The Hall–Kier alpha value is -4.14. The van der Waals surface area contributed by atoms with E-state index in [1.165, 1.54) is 24.3 Å². The molecule has 0 saturated carbocycles. The first-order valence-corrected chi connectivity index (χ1v) is 12.4. The molecule has 1 unspecified atom stereocenters. The second-order valence-electron chi connectivity index (χ2n) is 8.86. The average molecular weight is 505 g/mol. The quantitative estimate of drug-likeness (QED) is 0.430. The van der Waals surface area contributed by atoms with Crippen LogP contribution in [-0.4, -0.2) is 46.5 Å². The van der Waals surface area contributed by atoms with Gasteiger partial charge in [0.05, 0.1) is 31.4 Å². The van der Waals surface area contributed by atoms with Crippen molar-refractivity contribution in [3.8, 4) is 11.4 Å². The van der Waals surface area contributed by atoms with Crippen molar-refractivity contribution in [3.05, 3.63) is 83.2 Å². The lowest BCUT2D eigenvalue weighted by Crippen LogP contribution is -2.54. The normalized spacial score (nSPS) is 19.8. The minimum atomic E-state index is -1.60. The molecule has 0 radical (unpaired) electrons. The number of oxime groups is 1. The molecule has 3 heterocycles. The van der Waals surface area contributed by atoms with E-state index in [-0.39, 0.29) is 6.61 Å². The molecule has 2 aromatic carbocycles. The van der Waals surface area contributed by atoms with Crippen LogP contribution in [0.5, 0.6) is 5.75 Å². The SMILES string of the molecule is CCOC(=O)C1(c2ccc(F)cc2)ON=C2C(=Cc3ccc(-n4cnc(CC)c4)c(OC)c3)CCCN21. The zero-order valence-corrected chi connectivity index (χ0v) is 21.1. The van der Waals surface area contributed by atoms with E-state index in [4.69, 9.17) is 14.3 Å². The molecule has 3 aromatic rings. The monoisotopic (exact) mass is 504 g/mol. The van der Waals surface area contributed by atoms with E-state index in [2.05, 4.69) is 17.1 Å². The number of rotatable bonds is 7. The number of carbonyl (C=O) groups excluding carboxylic acids is 1. The van der Waals surface area contributed by atoms with Crippen LogP contribution < -0.4 is 4.74 Å². The third-order valence-corrected chi connectivity index (χ3v) is 6.62. The van der Waals surface area contributed by atoms with Crippen LogP contribution in [0.2, 0.25) is 0 Å². The van der Waals surface area contributed by atoms with Crippen LogP contribution in [0.25, 0.3) is 11.8 Å². The Morgan fingerprint density at radius 3 is 2.73 bits per heavy atom. The standard InChI is InChI=1S/C28H29FN4O4/c1-4-23-17-32(18-30-23)24-13-8-19(16-25(24)35-3)15-20-7-6-14-33-26(20)31-37-28(33,27(34)36-5-2)21-9-11-22(29)12-10-21/h8-13,15-18H,4-7,14H2,1-3H3. The summed E-state index contributed by atoms with van der Waals surface area (Å²) in [6.45, 7) is 4.52. The fourth-order valence-electron chi connectivity index (χ4n) is 4.78. The van der Waals surface area contributed by atoms with Gasteiger partial charge in [0.1, 0.15) is 11.6 Å². The summed E-state index contributed by atoms with van der Waals surface area (Å²) in [6.07, 6.45) is 8.18. The molecule has 1 atom stereocenters. The predicted octanol–water partition coefficient (Wildman–Crippen LogP) is 4.82. The number of imidazole rings is 1. The zero-order valence-electron chi connectivity index (χ0n) is 21.1. The number of aromatic nitrogens is 2. The van der Waals surface area contributed by atoms with Crippen molar-refractivity contribution in [2.75, 3.05) is 20.3 Å². The van der Waals surface area contributed by atoms with Crippen molar-refractivity contribution < 1.29 is 23.5 Å². The van der Waals surface area contributed by atoms with Crippen molar-refractivity contribution in [2.24, 2.45) is 5.16 Å². The molecule has 0 aliphatic carbocycles. The Balaban J connectivity index is 1.49. The van der Waals surface area contributed by atoms with Gasteiger partial charge in [-0.15, -0.1) is 0 Å². The Bertz CT molecular complexity index is 1360. The number of hydrogen-bond donors (Lipinski definition) is 0. The van der Waals surface area contributed by atoms with Gasteiger partial charge in [0.2, 0.25) is 0 Å². The summed E-state index contributed by atoms with van der Waals surface area (Å²) in [4.78, 5) is 25.4. The Kier molecular flexibility index (Phi) is 6.69. The molecule has 5 rings (SSSR count). The lowest BCUT2D eigenvalue weighted by atomic mass is 9.94. The molecule has 1 saturated heterocycles. The number of nitrogens with zero attached hydrogens (tertiary/aromatic N) is 4. The van der Waals surface area contributed by atoms with Gasteiger partial charge in [-0.05, 0) is 79.8 Å². The van der Waals surface area contributed by atoms with Gasteiger partial charge in [0, 0.05) is 18.3 Å². The number of hydrogen-bond acceptors (Lipinski definition) is 7. The Morgan fingerprint density at radius 1 is 1.22 bits per heavy atom. The first kappa shape index (κ1) is 24.5. The maximum Gasteiger partial charge on any atom is 0.380 e. The number of esters is 1. The molecule has 8 nitrogen and oxygen atoms in total. The highest BCUT2D eigenvalue weighted by molar-refractivity contribution is 6.06. The van der Waals surface area contributed by atoms with E-state index >= 15 is 0 Å². The number of benzene rings is 2. The number of piperidine rings is 1. The lowest BCUT2D eigenvalue weighted by Gasteiger charge is -2.37. The van der Waals surface area contributed by atoms with Gasteiger partial charge in [-0.2, -0.15) is 0 Å². The van der Waals surface area contributed by atoms with Crippen LogP contribution >= 0.6 is 0 Å². The number of ether oxygens (including phenoxy) is 2. The van der Waals surface area contributed by atoms with Gasteiger partial charge in [-0.3, -0.25) is 0 Å². The maximum atomic E-state index is 13.7. The average Bonchev–Trinajstić information content (AvgIpc) is 3.56. The van der Waals surface area contributed by atoms with Crippen molar-refractivity contribution >= 4 is 17.9 Å². The number of aryl methyl sites for hydroxylation is 1. The highest BCUT2D eigenvalue weighted by Gasteiger charge is 2.57. The van der Waals surface area contributed by atoms with Gasteiger partial charge in [-0.25, -0.2) is 14.2 Å². The minimum absolute atomic E-state index is 0.180. The summed E-state index contributed by atoms with van der Waals surface area (Å²) in [6, 6.07) is 11.6. The Labute approximate surface area is 215 Å². The molecule has 1 fully saturated rings. The fraction of sp³-hybridized carbons (Fsp3) is 0.321. The molecular formula is C28H29FN4O4. The third-order valence-electron chi connectivity index (χ3n) is 6.62. The van der Waals surface area contributed by atoms with Crippen LogP contribution in [0.1, 0.15) is 43.5 Å². The molecule has 0 spiro atoms. The van der Waals surface area contributed by atoms with E-state index in [0.717, 1.165) is 41.8 Å². The molecular weight excluding hydrogens is 475 g/mol. The molecule has 0 bridgehead atoms. The second-order valence-corrected chi connectivity index (χ2v) is 8.86. The molecule has 37 heavy (non-hydrogen) atoms. The summed E-state index contributed by atoms with van der Waals surface area (Å²) < 4.78 is 26.7. The highest BCUT2D eigenvalue weighted by atomic mass is 19.1. The van der Waals surface area contributed by atoms with Gasteiger partial charge in [0.15, 0.2) is 5.84 Å². The number of methoxy groups -OCH3 is 1. The molecule has 9 heteroatoms. The summed E-state index contributed by atoms with van der Waals surface area (Å²) in [5.74, 6) is 0.285. The van der Waals surface area contributed by atoms with Gasteiger partial charge < -0.3 is 23.8 Å². The second kappa shape index (κ2) is 10.1. The topological polar surface area (TPSA) is 78.2 Å². The zero-order chi connectivity index (χ0) is 26.0. The third kappa shape index (κ3) is 4.34. The van der Waals surface area contributed by atoms with E-state index < -0.39 is 17.5 Å². The number of amidine groups is 1. The van der Waals surface area contributed by atoms with Gasteiger partial charge in [0.25, 0.3) is 0 Å². The van der Waals surface area contributed by atoms with Crippen LogP contribution in [0.3, 0.4) is 0 Å². The number of halogens is 1. The smallest absolute Gasteiger partial charge is 0.380 e. The highest BCUT2D eigenvalue weighted by Crippen LogP contribution is 2.41. The van der Waals surface area contributed by atoms with Crippen LogP contribution in [0.4, 0.5) is 4.39 Å². The van der Waals surface area contributed by atoms with Crippen molar-refractivity contribution in [1.29, 1.82) is 0 Å². The van der Waals surface area contributed by atoms with Gasteiger partial charge in [-0.1, -0.05) is 18.1 Å². The van der Waals surface area contributed by atoms with Gasteiger partial charge >= 0.3 is 11.7 Å². The molecule has 192 valence electrons. The van der Waals surface area contributed by atoms with E-state index in [1.807, 2.05) is 39.9 Å². The first-order valence-electron chi connectivity index (χ1n) is 12.4. The van der Waals surface area contributed by atoms with Crippen LogP contribution in [0.15, 0.2) is 65.7 Å². The molecule has 0 N–H and O–H groups in total. The largest absolute Gasteiger partial charge is 0.495 e. The molecule has 2 aliphatic heterocycles. The maximum absolute atomic E-state index is 13.7. The molecule has 2 aliphatic rings. The van der Waals surface area contributed by atoms with E-state index in [0.29, 0.717) is 23.7 Å². The van der Waals surface area contributed by atoms with E-state index in [1.54, 1.807) is 20.4 Å². The van der Waals surface area contributed by atoms with Crippen LogP contribution in [0, 0.1) is 5.82 Å². The number of carbonyl (C=O) groups is 1. The molecule has 0 amide bonds. The Morgan fingerprint density at radius 2 is 2.03 bits per heavy atom. The van der Waals surface area contributed by atoms with Crippen molar-refractivity contribution in [2.45, 2.75) is 38.8 Å². The summed E-state index contributed by atoms with van der Waals surface area (Å²) in [5, 5.41) is 4.35. The van der Waals surface area contributed by atoms with Crippen molar-refractivity contribution in [3.63, 3.8) is 0 Å². The number of fused-ring (bicyclic) bond motifs is 1. The van der Waals surface area contributed by atoms with Crippen molar-refractivity contribution in [1.82, 2.24) is 14.5 Å². The summed E-state index contributed by atoms with van der Waals surface area (Å²) >= 11 is 0.